The second-order valence-corrected chi connectivity index (χ2v) is 6.72. The summed E-state index contributed by atoms with van der Waals surface area (Å²) in [6, 6.07) is 16.0. The summed E-state index contributed by atoms with van der Waals surface area (Å²) in [5, 5.41) is 11.6. The molecule has 130 valence electrons. The van der Waals surface area contributed by atoms with Crippen molar-refractivity contribution < 1.29 is 9.32 Å². The van der Waals surface area contributed by atoms with Gasteiger partial charge in [-0.15, -0.1) is 11.3 Å². The Bertz CT molecular complexity index is 1060. The smallest absolute Gasteiger partial charge is 0.262 e. The van der Waals surface area contributed by atoms with E-state index in [2.05, 4.69) is 32.9 Å². The van der Waals surface area contributed by atoms with Gasteiger partial charge in [0, 0.05) is 25.3 Å². The van der Waals surface area contributed by atoms with Crippen LogP contribution in [0, 0.1) is 0 Å². The lowest BCUT2D eigenvalue weighted by molar-refractivity contribution is 0.0967. The van der Waals surface area contributed by atoms with E-state index in [0.717, 1.165) is 17.6 Å². The van der Waals surface area contributed by atoms with Gasteiger partial charge in [0.2, 0.25) is 0 Å². The van der Waals surface area contributed by atoms with Crippen LogP contribution in [-0.4, -0.2) is 23.1 Å². The summed E-state index contributed by atoms with van der Waals surface area (Å²) < 4.78 is 5.47. The van der Waals surface area contributed by atoms with E-state index < -0.39 is 0 Å². The second-order valence-electron chi connectivity index (χ2n) is 5.69. The van der Waals surface area contributed by atoms with Gasteiger partial charge in [-0.05, 0) is 17.7 Å². The minimum absolute atomic E-state index is 0.158. The van der Waals surface area contributed by atoms with Crippen molar-refractivity contribution in [1.29, 1.82) is 0 Å². The number of carbonyl (C=O) groups is 1. The van der Waals surface area contributed by atoms with E-state index in [1.54, 1.807) is 13.2 Å². The summed E-state index contributed by atoms with van der Waals surface area (Å²) in [5.74, 6) is -0.158. The van der Waals surface area contributed by atoms with E-state index in [9.17, 15) is 4.79 Å². The Hall–Kier alpha value is -3.19. The van der Waals surface area contributed by atoms with Gasteiger partial charge in [-0.1, -0.05) is 35.5 Å². The summed E-state index contributed by atoms with van der Waals surface area (Å²) >= 11 is 1.29. The highest BCUT2D eigenvalue weighted by molar-refractivity contribution is 7.17. The maximum absolute atomic E-state index is 11.7. The van der Waals surface area contributed by atoms with Crippen molar-refractivity contribution in [2.45, 2.75) is 6.54 Å². The standard InChI is InChI=1S/C19H16N4O2S/c1-20-18(24)16-11-22-19(26-16)17-14-8-7-13(9-15(14)25-23-17)21-10-12-5-3-2-4-6-12/h2-9,11,21H,10H2,1H3,(H,20,24). The molecule has 2 aromatic heterocycles. The lowest BCUT2D eigenvalue weighted by atomic mass is 10.2. The minimum Gasteiger partial charge on any atom is -0.381 e. The first-order valence-electron chi connectivity index (χ1n) is 8.10. The lowest BCUT2D eigenvalue weighted by Crippen LogP contribution is -2.16. The number of carbonyl (C=O) groups excluding carboxylic acids is 1. The highest BCUT2D eigenvalue weighted by Gasteiger charge is 2.16. The molecule has 0 spiro atoms. The van der Waals surface area contributed by atoms with Crippen molar-refractivity contribution in [2.75, 3.05) is 12.4 Å². The molecule has 7 heteroatoms. The highest BCUT2D eigenvalue weighted by Crippen LogP contribution is 2.32. The Kier molecular flexibility index (Phi) is 4.37. The molecule has 1 amide bonds. The Morgan fingerprint density at radius 1 is 1.19 bits per heavy atom. The predicted octanol–water partition coefficient (Wildman–Crippen LogP) is 3.92. The SMILES string of the molecule is CNC(=O)c1cnc(-c2noc3cc(NCc4ccccc4)ccc23)s1. The maximum Gasteiger partial charge on any atom is 0.262 e. The number of fused-ring (bicyclic) bond motifs is 1. The molecule has 2 N–H and O–H groups in total. The van der Waals surface area contributed by atoms with Crippen LogP contribution in [0.15, 0.2) is 59.3 Å². The number of thiazole rings is 1. The number of hydrogen-bond acceptors (Lipinski definition) is 6. The molecule has 0 saturated heterocycles. The highest BCUT2D eigenvalue weighted by atomic mass is 32.1. The van der Waals surface area contributed by atoms with Gasteiger partial charge in [0.05, 0.1) is 11.6 Å². The molecule has 26 heavy (non-hydrogen) atoms. The van der Waals surface area contributed by atoms with Crippen molar-refractivity contribution in [3.05, 3.63) is 65.2 Å². The van der Waals surface area contributed by atoms with Crippen molar-refractivity contribution >= 4 is 33.9 Å². The summed E-state index contributed by atoms with van der Waals surface area (Å²) in [4.78, 5) is 16.5. The van der Waals surface area contributed by atoms with Crippen LogP contribution < -0.4 is 10.6 Å². The quantitative estimate of drug-likeness (QED) is 0.561. The summed E-state index contributed by atoms with van der Waals surface area (Å²) in [6.45, 7) is 0.731. The molecule has 0 bridgehead atoms. The lowest BCUT2D eigenvalue weighted by Gasteiger charge is -2.06. The third kappa shape index (κ3) is 3.16. The maximum atomic E-state index is 11.7. The molecule has 0 aliphatic carbocycles. The number of hydrogen-bond donors (Lipinski definition) is 2. The zero-order valence-electron chi connectivity index (χ0n) is 14.0. The summed E-state index contributed by atoms with van der Waals surface area (Å²) in [6.07, 6.45) is 1.55. The number of nitrogens with one attached hydrogen (secondary N) is 2. The largest absolute Gasteiger partial charge is 0.381 e. The van der Waals surface area contributed by atoms with Gasteiger partial charge >= 0.3 is 0 Å². The van der Waals surface area contributed by atoms with Crippen LogP contribution in [0.4, 0.5) is 5.69 Å². The topological polar surface area (TPSA) is 80.1 Å². The van der Waals surface area contributed by atoms with E-state index in [4.69, 9.17) is 4.52 Å². The number of nitrogens with zero attached hydrogens (tertiary/aromatic N) is 2. The van der Waals surface area contributed by atoms with Gasteiger partial charge in [0.15, 0.2) is 5.58 Å². The first-order valence-corrected chi connectivity index (χ1v) is 8.92. The number of amides is 1. The third-order valence-corrected chi connectivity index (χ3v) is 4.97. The van der Waals surface area contributed by atoms with Gasteiger partial charge in [-0.3, -0.25) is 4.79 Å². The van der Waals surface area contributed by atoms with Crippen molar-refractivity contribution in [2.24, 2.45) is 0 Å². The molecule has 6 nitrogen and oxygen atoms in total. The van der Waals surface area contributed by atoms with Gasteiger partial charge in [-0.2, -0.15) is 0 Å². The Morgan fingerprint density at radius 2 is 2.04 bits per heavy atom. The molecule has 4 rings (SSSR count). The molecule has 2 aromatic carbocycles. The number of anilines is 1. The van der Waals surface area contributed by atoms with Crippen LogP contribution in [-0.2, 0) is 6.54 Å². The normalized spacial score (nSPS) is 10.8. The molecule has 0 radical (unpaired) electrons. The molecular formula is C19H16N4O2S. The van der Waals surface area contributed by atoms with E-state index >= 15 is 0 Å². The molecule has 2 heterocycles. The van der Waals surface area contributed by atoms with Gasteiger partial charge in [0.25, 0.3) is 5.91 Å². The van der Waals surface area contributed by atoms with Crippen LogP contribution in [0.5, 0.6) is 0 Å². The number of rotatable bonds is 5. The average molecular weight is 364 g/mol. The number of benzene rings is 2. The Morgan fingerprint density at radius 3 is 2.85 bits per heavy atom. The summed E-state index contributed by atoms with van der Waals surface area (Å²) in [7, 11) is 1.59. The molecule has 0 atom stereocenters. The fraction of sp³-hybridized carbons (Fsp3) is 0.105. The summed E-state index contributed by atoms with van der Waals surface area (Å²) in [5.41, 5.74) is 3.48. The fourth-order valence-corrected chi connectivity index (χ4v) is 3.47. The van der Waals surface area contributed by atoms with Crippen molar-refractivity contribution in [3.8, 4) is 10.7 Å². The molecule has 0 aliphatic heterocycles. The Labute approximate surface area is 153 Å². The first kappa shape index (κ1) is 16.3. The van der Waals surface area contributed by atoms with Gasteiger partial charge < -0.3 is 15.2 Å². The predicted molar refractivity (Wildman–Crippen MR) is 102 cm³/mol. The molecule has 4 aromatic rings. The number of aromatic nitrogens is 2. The Balaban J connectivity index is 1.57. The van der Waals surface area contributed by atoms with E-state index in [1.165, 1.54) is 16.9 Å². The van der Waals surface area contributed by atoms with Crippen LogP contribution in [0.25, 0.3) is 21.7 Å². The monoisotopic (exact) mass is 364 g/mol. The van der Waals surface area contributed by atoms with E-state index in [1.807, 2.05) is 36.4 Å². The van der Waals surface area contributed by atoms with Crippen LogP contribution in [0.2, 0.25) is 0 Å². The van der Waals surface area contributed by atoms with Crippen LogP contribution in [0.3, 0.4) is 0 Å². The third-order valence-electron chi connectivity index (χ3n) is 3.97. The molecule has 0 fully saturated rings. The molecule has 0 saturated carbocycles. The van der Waals surface area contributed by atoms with E-state index in [-0.39, 0.29) is 5.91 Å². The fourth-order valence-electron chi connectivity index (χ4n) is 2.61. The van der Waals surface area contributed by atoms with Crippen molar-refractivity contribution in [3.63, 3.8) is 0 Å². The van der Waals surface area contributed by atoms with Crippen LogP contribution >= 0.6 is 11.3 Å². The minimum atomic E-state index is -0.158. The zero-order valence-corrected chi connectivity index (χ0v) is 14.8. The molecule has 0 unspecified atom stereocenters. The first-order chi connectivity index (χ1) is 12.7. The zero-order chi connectivity index (χ0) is 17.9. The van der Waals surface area contributed by atoms with Gasteiger partial charge in [-0.25, -0.2) is 4.98 Å². The molecular weight excluding hydrogens is 348 g/mol. The van der Waals surface area contributed by atoms with Crippen molar-refractivity contribution in [1.82, 2.24) is 15.5 Å². The molecule has 0 aliphatic rings. The van der Waals surface area contributed by atoms with E-state index in [0.29, 0.717) is 21.2 Å². The van der Waals surface area contributed by atoms with Crippen LogP contribution in [0.1, 0.15) is 15.2 Å². The van der Waals surface area contributed by atoms with Gasteiger partial charge in [0.1, 0.15) is 15.6 Å². The second kappa shape index (κ2) is 6.97. The average Bonchev–Trinajstić information content (AvgIpc) is 3.33.